The summed E-state index contributed by atoms with van der Waals surface area (Å²) < 4.78 is 0. The molecule has 1 aliphatic carbocycles. The molecule has 0 bridgehead atoms. The average molecular weight is 464 g/mol. The zero-order valence-electron chi connectivity index (χ0n) is 15.4. The van der Waals surface area contributed by atoms with Crippen LogP contribution in [0.25, 0.3) is 0 Å². The van der Waals surface area contributed by atoms with Crippen molar-refractivity contribution in [2.75, 3.05) is 13.1 Å². The lowest BCUT2D eigenvalue weighted by atomic mass is 9.78. The maximum atomic E-state index is 6.10. The summed E-state index contributed by atoms with van der Waals surface area (Å²) in [5.74, 6) is 0.537. The van der Waals surface area contributed by atoms with Crippen molar-refractivity contribution in [1.29, 1.82) is 0 Å². The van der Waals surface area contributed by atoms with Crippen LogP contribution in [0.4, 0.5) is 0 Å². The fourth-order valence-electron chi connectivity index (χ4n) is 3.72. The number of nitrogens with one attached hydrogen (secondary N) is 1. The van der Waals surface area contributed by atoms with E-state index in [4.69, 9.17) is 5.73 Å². The maximum absolute atomic E-state index is 6.10. The molecular weight excluding hydrogens is 435 g/mol. The van der Waals surface area contributed by atoms with Crippen LogP contribution < -0.4 is 11.1 Å². The molecule has 1 saturated carbocycles. The number of nitrogens with two attached hydrogens (primary N) is 1. The van der Waals surface area contributed by atoms with Gasteiger partial charge in [0.05, 0.1) is 6.54 Å². The van der Waals surface area contributed by atoms with Crippen LogP contribution in [-0.4, -0.2) is 24.0 Å². The molecule has 1 heterocycles. The highest BCUT2D eigenvalue weighted by Gasteiger charge is 2.35. The zero-order chi connectivity index (χ0) is 17.5. The van der Waals surface area contributed by atoms with Gasteiger partial charge >= 0.3 is 0 Å². The Kier molecular flexibility index (Phi) is 7.87. The number of hydrogen-bond acceptors (Lipinski definition) is 2. The van der Waals surface area contributed by atoms with Gasteiger partial charge in [-0.1, -0.05) is 48.7 Å². The zero-order valence-corrected chi connectivity index (χ0v) is 17.8. The molecule has 0 spiro atoms. The van der Waals surface area contributed by atoms with Gasteiger partial charge in [-0.25, -0.2) is 0 Å². The lowest BCUT2D eigenvalue weighted by molar-refractivity contribution is 0.453. The van der Waals surface area contributed by atoms with E-state index in [1.54, 1.807) is 0 Å². The normalized spacial score (nSPS) is 16.1. The quantitative estimate of drug-likeness (QED) is 0.387. The van der Waals surface area contributed by atoms with E-state index in [2.05, 4.69) is 46.5 Å². The van der Waals surface area contributed by atoms with Crippen molar-refractivity contribution < 1.29 is 0 Å². The van der Waals surface area contributed by atoms with Crippen LogP contribution in [0.15, 0.2) is 53.7 Å². The number of nitrogens with zero attached hydrogens (tertiary/aromatic N) is 2. The summed E-state index contributed by atoms with van der Waals surface area (Å²) in [5, 5.41) is 3.22. The van der Waals surface area contributed by atoms with Gasteiger partial charge in [-0.15, -0.1) is 24.0 Å². The minimum Gasteiger partial charge on any atom is -0.370 e. The van der Waals surface area contributed by atoms with Crippen molar-refractivity contribution in [2.24, 2.45) is 10.7 Å². The van der Waals surface area contributed by atoms with Crippen LogP contribution in [-0.2, 0) is 11.8 Å². The summed E-state index contributed by atoms with van der Waals surface area (Å²) in [5.41, 5.74) is 10.0. The Balaban J connectivity index is 0.00000243. The van der Waals surface area contributed by atoms with Gasteiger partial charge in [-0.05, 0) is 37.5 Å². The van der Waals surface area contributed by atoms with Gasteiger partial charge in [0, 0.05) is 30.3 Å². The highest BCUT2D eigenvalue weighted by molar-refractivity contribution is 14.0. The van der Waals surface area contributed by atoms with Gasteiger partial charge in [0.15, 0.2) is 5.96 Å². The van der Waals surface area contributed by atoms with E-state index >= 15 is 0 Å². The van der Waals surface area contributed by atoms with Crippen molar-refractivity contribution >= 4 is 29.9 Å². The molecule has 0 radical (unpaired) electrons. The van der Waals surface area contributed by atoms with Crippen molar-refractivity contribution in [1.82, 2.24) is 10.3 Å². The molecule has 3 N–H and O–H groups in total. The smallest absolute Gasteiger partial charge is 0.188 e. The first-order valence-electron chi connectivity index (χ1n) is 9.19. The molecule has 0 amide bonds. The lowest BCUT2D eigenvalue weighted by Gasteiger charge is -2.28. The Labute approximate surface area is 173 Å². The Morgan fingerprint density at radius 3 is 2.69 bits per heavy atom. The van der Waals surface area contributed by atoms with E-state index in [1.807, 2.05) is 24.4 Å². The molecule has 5 heteroatoms. The van der Waals surface area contributed by atoms with E-state index < -0.39 is 0 Å². The van der Waals surface area contributed by atoms with Crippen molar-refractivity contribution in [3.8, 4) is 0 Å². The molecule has 140 valence electrons. The first-order valence-corrected chi connectivity index (χ1v) is 9.19. The fourth-order valence-corrected chi connectivity index (χ4v) is 3.72. The summed E-state index contributed by atoms with van der Waals surface area (Å²) >= 11 is 0. The predicted octanol–water partition coefficient (Wildman–Crippen LogP) is 3.97. The monoisotopic (exact) mass is 464 g/mol. The molecular formula is C21H29IN4. The van der Waals surface area contributed by atoms with Gasteiger partial charge in [-0.3, -0.25) is 9.98 Å². The first kappa shape index (κ1) is 20.7. The molecule has 1 aromatic carbocycles. The average Bonchev–Trinajstić information content (AvgIpc) is 3.11. The number of rotatable bonds is 6. The minimum absolute atomic E-state index is 0. The van der Waals surface area contributed by atoms with Crippen LogP contribution in [0.1, 0.15) is 42.5 Å². The molecule has 2 aromatic rings. The third kappa shape index (κ3) is 5.43. The number of guanidine groups is 1. The van der Waals surface area contributed by atoms with Crippen LogP contribution >= 0.6 is 24.0 Å². The third-order valence-electron chi connectivity index (χ3n) is 5.16. The Morgan fingerprint density at radius 2 is 2.00 bits per heavy atom. The van der Waals surface area contributed by atoms with Crippen LogP contribution in [0.3, 0.4) is 0 Å². The highest BCUT2D eigenvalue weighted by Crippen LogP contribution is 2.41. The second kappa shape index (κ2) is 9.90. The number of aliphatic imine (C=N–C) groups is 1. The van der Waals surface area contributed by atoms with Gasteiger partial charge < -0.3 is 11.1 Å². The number of aromatic nitrogens is 1. The van der Waals surface area contributed by atoms with Crippen molar-refractivity contribution in [3.05, 3.63) is 65.5 Å². The second-order valence-electron chi connectivity index (χ2n) is 7.06. The molecule has 26 heavy (non-hydrogen) atoms. The minimum atomic E-state index is 0. The van der Waals surface area contributed by atoms with Crippen molar-refractivity contribution in [2.45, 2.75) is 44.4 Å². The SMILES string of the molecule is Cc1cccc(C2(CN=C(N)NCCc3ccccn3)CCCC2)c1.I. The maximum Gasteiger partial charge on any atom is 0.188 e. The molecule has 4 nitrogen and oxygen atoms in total. The largest absolute Gasteiger partial charge is 0.370 e. The predicted molar refractivity (Wildman–Crippen MR) is 119 cm³/mol. The van der Waals surface area contributed by atoms with E-state index in [0.717, 1.165) is 25.2 Å². The Hall–Kier alpha value is -1.63. The van der Waals surface area contributed by atoms with Crippen LogP contribution in [0, 0.1) is 6.92 Å². The van der Waals surface area contributed by atoms with Crippen molar-refractivity contribution in [3.63, 3.8) is 0 Å². The van der Waals surface area contributed by atoms with E-state index in [-0.39, 0.29) is 29.4 Å². The Bertz CT molecular complexity index is 709. The number of aryl methyl sites for hydroxylation is 1. The number of benzene rings is 1. The lowest BCUT2D eigenvalue weighted by Crippen LogP contribution is -2.35. The molecule has 1 fully saturated rings. The number of halogens is 1. The summed E-state index contributed by atoms with van der Waals surface area (Å²) in [6, 6.07) is 14.8. The van der Waals surface area contributed by atoms with Gasteiger partial charge in [0.2, 0.25) is 0 Å². The molecule has 1 aromatic heterocycles. The second-order valence-corrected chi connectivity index (χ2v) is 7.06. The fraction of sp³-hybridized carbons (Fsp3) is 0.429. The molecule has 3 rings (SSSR count). The van der Waals surface area contributed by atoms with Gasteiger partial charge in [0.25, 0.3) is 0 Å². The molecule has 0 aliphatic heterocycles. The third-order valence-corrected chi connectivity index (χ3v) is 5.16. The summed E-state index contributed by atoms with van der Waals surface area (Å²) in [7, 11) is 0. The summed E-state index contributed by atoms with van der Waals surface area (Å²) in [6.45, 7) is 3.67. The highest BCUT2D eigenvalue weighted by atomic mass is 127. The summed E-state index contributed by atoms with van der Waals surface area (Å²) in [6.07, 6.45) is 7.61. The van der Waals surface area contributed by atoms with Crippen LogP contribution in [0.2, 0.25) is 0 Å². The summed E-state index contributed by atoms with van der Waals surface area (Å²) in [4.78, 5) is 9.00. The number of hydrogen-bond donors (Lipinski definition) is 2. The molecule has 1 aliphatic rings. The first-order chi connectivity index (χ1) is 12.2. The van der Waals surface area contributed by atoms with Gasteiger partial charge in [-0.2, -0.15) is 0 Å². The van der Waals surface area contributed by atoms with Gasteiger partial charge in [0.1, 0.15) is 0 Å². The molecule has 0 saturated heterocycles. The topological polar surface area (TPSA) is 63.3 Å². The van der Waals surface area contributed by atoms with E-state index in [9.17, 15) is 0 Å². The number of pyridine rings is 1. The van der Waals surface area contributed by atoms with E-state index in [0.29, 0.717) is 5.96 Å². The molecule has 0 unspecified atom stereocenters. The standard InChI is InChI=1S/C21H28N4.HI/c1-17-7-6-8-18(15-17)21(11-3-4-12-21)16-25-20(22)24-14-10-19-9-2-5-13-23-19;/h2,5-9,13,15H,3-4,10-12,14,16H2,1H3,(H3,22,24,25);1H. The Morgan fingerprint density at radius 1 is 1.19 bits per heavy atom. The van der Waals surface area contributed by atoms with E-state index in [1.165, 1.54) is 36.8 Å². The van der Waals surface area contributed by atoms with Crippen LogP contribution in [0.5, 0.6) is 0 Å². The molecule has 0 atom stereocenters.